The van der Waals surface area contributed by atoms with Crippen molar-refractivity contribution in [1.29, 1.82) is 0 Å². The van der Waals surface area contributed by atoms with Crippen molar-refractivity contribution in [1.82, 2.24) is 40.9 Å². The van der Waals surface area contributed by atoms with Gasteiger partial charge < -0.3 is 60.6 Å². The van der Waals surface area contributed by atoms with Crippen LogP contribution in [0.1, 0.15) is 63.5 Å². The fraction of sp³-hybridized carbons (Fsp3) is 0.610. The summed E-state index contributed by atoms with van der Waals surface area (Å²) in [6.07, 6.45) is -6.74. The van der Waals surface area contributed by atoms with Gasteiger partial charge in [-0.15, -0.1) is 26.3 Å². The fourth-order valence-corrected chi connectivity index (χ4v) is 7.91. The van der Waals surface area contributed by atoms with Gasteiger partial charge in [0.1, 0.15) is 23.1 Å². The number of piperidine rings is 2. The summed E-state index contributed by atoms with van der Waals surface area (Å²) in [7, 11) is 2.99. The molecule has 0 spiro atoms. The molecule has 2 aliphatic heterocycles. The van der Waals surface area contributed by atoms with E-state index in [1.54, 1.807) is 28.5 Å². The quantitative estimate of drug-likeness (QED) is 0.162. The second kappa shape index (κ2) is 20.8. The molecule has 2 aromatic carbocycles. The number of aliphatic hydroxyl groups excluding tert-OH is 1. The molecule has 0 bridgehead atoms. The first-order chi connectivity index (χ1) is 30.3. The number of likely N-dealkylation sites (tertiary alicyclic amines) is 2. The Labute approximate surface area is 369 Å². The van der Waals surface area contributed by atoms with Gasteiger partial charge in [0.05, 0.1) is 23.8 Å². The van der Waals surface area contributed by atoms with Gasteiger partial charge in [-0.2, -0.15) is 0 Å². The van der Waals surface area contributed by atoms with Gasteiger partial charge >= 0.3 is 36.8 Å². The number of β-amino-alcohol motifs (C(OH)–C–C–N with tert-alkyl or cyclic N) is 1. The lowest BCUT2D eigenvalue weighted by molar-refractivity contribution is -0.275. The zero-order valence-electron chi connectivity index (χ0n) is 36.1. The number of alkyl halides is 6. The molecule has 24 heteroatoms. The molecule has 0 radical (unpaired) electrons. The molecule has 8 amide bonds. The summed E-state index contributed by atoms with van der Waals surface area (Å²) in [5.41, 5.74) is -1.07. The molecule has 65 heavy (non-hydrogen) atoms. The number of halogens is 8. The van der Waals surface area contributed by atoms with Crippen molar-refractivity contribution in [3.63, 3.8) is 0 Å². The van der Waals surface area contributed by atoms with Crippen LogP contribution in [-0.4, -0.2) is 143 Å². The van der Waals surface area contributed by atoms with E-state index in [4.69, 9.17) is 0 Å². The molecule has 2 unspecified atom stereocenters. The van der Waals surface area contributed by atoms with Gasteiger partial charge in [0, 0.05) is 94.6 Å². The molecule has 6 N–H and O–H groups in total. The Balaban J connectivity index is 0.000000245. The van der Waals surface area contributed by atoms with Gasteiger partial charge in [-0.25, -0.2) is 28.0 Å². The number of carbonyl (C=O) groups excluding carboxylic acids is 4. The number of benzene rings is 2. The molecule has 0 aromatic heterocycles. The highest BCUT2D eigenvalue weighted by Crippen LogP contribution is 2.36. The van der Waals surface area contributed by atoms with Crippen LogP contribution in [0.5, 0.6) is 11.5 Å². The number of amides is 8. The third kappa shape index (κ3) is 14.7. The molecule has 2 saturated heterocycles. The number of rotatable bonds is 11. The highest BCUT2D eigenvalue weighted by atomic mass is 19.4. The van der Waals surface area contributed by atoms with Crippen LogP contribution in [0.15, 0.2) is 36.4 Å². The Kier molecular flexibility index (Phi) is 16.1. The molecule has 362 valence electrons. The molecule has 2 saturated carbocycles. The second-order valence-corrected chi connectivity index (χ2v) is 16.9. The van der Waals surface area contributed by atoms with Gasteiger partial charge in [0.2, 0.25) is 0 Å². The Morgan fingerprint density at radius 2 is 1.06 bits per heavy atom. The van der Waals surface area contributed by atoms with Crippen molar-refractivity contribution >= 4 is 24.1 Å². The summed E-state index contributed by atoms with van der Waals surface area (Å²) >= 11 is 0. The number of hydrogen-bond donors (Lipinski definition) is 6. The van der Waals surface area contributed by atoms with E-state index < -0.39 is 65.7 Å². The lowest BCUT2D eigenvalue weighted by atomic mass is 9.82. The third-order valence-electron chi connectivity index (χ3n) is 11.3. The average Bonchev–Trinajstić information content (AvgIpc) is 4.16. The lowest BCUT2D eigenvalue weighted by Crippen LogP contribution is -2.60. The summed E-state index contributed by atoms with van der Waals surface area (Å²) in [5, 5.41) is 31.0. The topological polar surface area (TPSA) is 188 Å². The molecule has 6 rings (SSSR count). The van der Waals surface area contributed by atoms with Crippen LogP contribution in [0.2, 0.25) is 0 Å². The van der Waals surface area contributed by atoms with Crippen LogP contribution >= 0.6 is 0 Å². The summed E-state index contributed by atoms with van der Waals surface area (Å²) in [5.74, 6) is -3.53. The smallest absolute Gasteiger partial charge is 0.406 e. The molecular formula is C41H54F8N8O8. The highest BCUT2D eigenvalue weighted by molar-refractivity contribution is 5.77. The Bertz CT molecular complexity index is 2000. The Morgan fingerprint density at radius 1 is 0.662 bits per heavy atom. The number of hydrogen-bond acceptors (Lipinski definition) is 8. The first-order valence-electron chi connectivity index (χ1n) is 20.9. The zero-order valence-corrected chi connectivity index (χ0v) is 36.1. The maximum atomic E-state index is 14.3. The van der Waals surface area contributed by atoms with E-state index in [1.165, 1.54) is 19.0 Å². The maximum Gasteiger partial charge on any atom is 0.573 e. The van der Waals surface area contributed by atoms with Crippen molar-refractivity contribution in [3.05, 3.63) is 59.2 Å². The molecule has 4 aliphatic rings. The van der Waals surface area contributed by atoms with E-state index >= 15 is 0 Å². The molecule has 4 atom stereocenters. The predicted molar refractivity (Wildman–Crippen MR) is 215 cm³/mol. The van der Waals surface area contributed by atoms with Crippen LogP contribution in [0.25, 0.3) is 0 Å². The molecule has 2 aromatic rings. The van der Waals surface area contributed by atoms with Crippen molar-refractivity contribution in [2.24, 2.45) is 5.92 Å². The number of carbonyl (C=O) groups is 4. The highest BCUT2D eigenvalue weighted by Gasteiger charge is 2.45. The molecule has 2 aliphatic carbocycles. The van der Waals surface area contributed by atoms with E-state index in [-0.39, 0.29) is 80.0 Å². The first kappa shape index (κ1) is 50.5. The van der Waals surface area contributed by atoms with E-state index in [0.29, 0.717) is 31.5 Å². The minimum absolute atomic E-state index is 0.00335. The molecule has 4 fully saturated rings. The summed E-state index contributed by atoms with van der Waals surface area (Å²) in [4.78, 5) is 56.4. The summed E-state index contributed by atoms with van der Waals surface area (Å²) in [6, 6.07) is 2.91. The Hall–Kier alpha value is -5.52. The number of aliphatic hydroxyl groups is 2. The molecule has 16 nitrogen and oxygen atoms in total. The fourth-order valence-electron chi connectivity index (χ4n) is 7.91. The van der Waals surface area contributed by atoms with Crippen LogP contribution in [0.3, 0.4) is 0 Å². The van der Waals surface area contributed by atoms with Crippen LogP contribution in [0.4, 0.5) is 54.3 Å². The number of ether oxygens (including phenoxy) is 2. The zero-order chi connectivity index (χ0) is 48.0. The van der Waals surface area contributed by atoms with Gasteiger partial charge in [0.15, 0.2) is 0 Å². The SMILES string of the molecule is CNC(=O)N1CC(N(C(=O)NCc2ccc(OC(F)(F)F)cc2F)C2CC2)CC(C(C)(C)O)C1.CNC(=O)N1C[C@H](O)C[C@@H](N(C(=O)NCc2ccc(OC(F)(F)F)cc2F)C2CC2)C1. The van der Waals surface area contributed by atoms with E-state index in [2.05, 4.69) is 30.7 Å². The number of nitrogens with zero attached hydrogens (tertiary/aromatic N) is 4. The van der Waals surface area contributed by atoms with Gasteiger partial charge in [-0.1, -0.05) is 12.1 Å². The largest absolute Gasteiger partial charge is 0.573 e. The van der Waals surface area contributed by atoms with Crippen molar-refractivity contribution in [2.75, 3.05) is 40.3 Å². The normalized spacial score (nSPS) is 21.3. The number of urea groups is 4. The molecular weight excluding hydrogens is 884 g/mol. The Morgan fingerprint density at radius 3 is 1.42 bits per heavy atom. The first-order valence-corrected chi connectivity index (χ1v) is 20.9. The van der Waals surface area contributed by atoms with Crippen molar-refractivity contribution < 1.29 is 74.0 Å². The van der Waals surface area contributed by atoms with E-state index in [1.807, 2.05) is 0 Å². The van der Waals surface area contributed by atoms with Crippen molar-refractivity contribution in [3.8, 4) is 11.5 Å². The van der Waals surface area contributed by atoms with E-state index in [9.17, 15) is 64.5 Å². The monoisotopic (exact) mass is 938 g/mol. The summed E-state index contributed by atoms with van der Waals surface area (Å²) in [6.45, 7) is 3.89. The van der Waals surface area contributed by atoms with Crippen LogP contribution < -0.4 is 30.7 Å². The average molecular weight is 939 g/mol. The predicted octanol–water partition coefficient (Wildman–Crippen LogP) is 5.37. The summed E-state index contributed by atoms with van der Waals surface area (Å²) < 4.78 is 110. The third-order valence-corrected chi connectivity index (χ3v) is 11.3. The van der Waals surface area contributed by atoms with Gasteiger partial charge in [-0.3, -0.25) is 0 Å². The minimum atomic E-state index is -4.93. The van der Waals surface area contributed by atoms with Crippen LogP contribution in [0, 0.1) is 17.6 Å². The maximum absolute atomic E-state index is 14.3. The second-order valence-electron chi connectivity index (χ2n) is 16.9. The standard InChI is InChI=1S/C22H30F4N4O4.C19H24F4N4O4/c1-21(2,33)14-8-16(12-29(11-14)19(31)27-3)30(15-5-6-15)20(32)28-10-13-4-7-17(9-18(13)23)34-22(24,25)26;1-24-17(29)26-9-13(6-14(28)10-26)27(12-3-4-12)18(30)25-8-11-2-5-15(7-16(11)20)31-19(21,22)23/h4,7,9,14-16,33H,5-6,8,10-12H2,1-3H3,(H,27,31)(H,28,32);2,5,7,12-14,28H,3-4,6,8-10H2,1H3,(H,24,29)(H,25,30)/t;13-,14-/m.1/s1. The van der Waals surface area contributed by atoms with E-state index in [0.717, 1.165) is 49.9 Å². The van der Waals surface area contributed by atoms with Crippen molar-refractivity contribution in [2.45, 2.75) is 114 Å². The number of nitrogens with one attached hydrogen (secondary N) is 4. The van der Waals surface area contributed by atoms with Gasteiger partial charge in [-0.05, 0) is 64.5 Å². The van der Waals surface area contributed by atoms with Crippen LogP contribution in [-0.2, 0) is 13.1 Å². The van der Waals surface area contributed by atoms with Gasteiger partial charge in [0.25, 0.3) is 0 Å². The lowest BCUT2D eigenvalue weighted by Gasteiger charge is -2.45. The molecule has 2 heterocycles. The minimum Gasteiger partial charge on any atom is -0.406 e.